The van der Waals surface area contributed by atoms with Crippen LogP contribution in [0.5, 0.6) is 0 Å². The first-order valence-corrected chi connectivity index (χ1v) is 7.17. The van der Waals surface area contributed by atoms with E-state index >= 15 is 0 Å². The van der Waals surface area contributed by atoms with Crippen LogP contribution in [0.15, 0.2) is 59.6 Å². The summed E-state index contributed by atoms with van der Waals surface area (Å²) in [6, 6.07) is 12.3. The Balaban J connectivity index is 1.59. The minimum absolute atomic E-state index is 0.836. The number of rotatable bonds is 5. The van der Waals surface area contributed by atoms with Crippen LogP contribution in [0, 0.1) is 0 Å². The summed E-state index contributed by atoms with van der Waals surface area (Å²) in [7, 11) is 0. The third kappa shape index (κ3) is 3.10. The number of hydrogen-bond donors (Lipinski definition) is 1. The number of aromatic nitrogens is 2. The van der Waals surface area contributed by atoms with Crippen LogP contribution in [0.1, 0.15) is 11.1 Å². The molecule has 1 aromatic carbocycles. The number of para-hydroxylation sites is 1. The standard InChI is InChI=1S/C15H15N3S/c1-2-4-15(5-3-1)18-11-14(10-17-18)9-16-8-13-6-7-19-12-13/h1-7,10-12,16H,8-9H2. The van der Waals surface area contributed by atoms with Crippen molar-refractivity contribution in [1.82, 2.24) is 15.1 Å². The average Bonchev–Trinajstić information content (AvgIpc) is 3.11. The second kappa shape index (κ2) is 5.82. The van der Waals surface area contributed by atoms with Gasteiger partial charge in [0.15, 0.2) is 0 Å². The van der Waals surface area contributed by atoms with E-state index in [4.69, 9.17) is 0 Å². The van der Waals surface area contributed by atoms with Crippen LogP contribution in [0.25, 0.3) is 5.69 Å². The molecule has 3 nitrogen and oxygen atoms in total. The maximum atomic E-state index is 4.38. The summed E-state index contributed by atoms with van der Waals surface area (Å²) in [4.78, 5) is 0. The average molecular weight is 269 g/mol. The quantitative estimate of drug-likeness (QED) is 0.770. The van der Waals surface area contributed by atoms with E-state index in [9.17, 15) is 0 Å². The fraction of sp³-hybridized carbons (Fsp3) is 0.133. The highest BCUT2D eigenvalue weighted by atomic mass is 32.1. The van der Waals surface area contributed by atoms with Gasteiger partial charge < -0.3 is 5.32 Å². The smallest absolute Gasteiger partial charge is 0.0645 e. The van der Waals surface area contributed by atoms with Gasteiger partial charge in [0.05, 0.1) is 11.9 Å². The lowest BCUT2D eigenvalue weighted by Crippen LogP contribution is -2.11. The van der Waals surface area contributed by atoms with E-state index in [2.05, 4.69) is 45.6 Å². The highest BCUT2D eigenvalue weighted by Gasteiger charge is 2.00. The van der Waals surface area contributed by atoms with Crippen molar-refractivity contribution < 1.29 is 0 Å². The van der Waals surface area contributed by atoms with E-state index in [0.29, 0.717) is 0 Å². The molecule has 0 bridgehead atoms. The molecule has 4 heteroatoms. The highest BCUT2D eigenvalue weighted by Crippen LogP contribution is 2.08. The van der Waals surface area contributed by atoms with Crippen molar-refractivity contribution in [3.8, 4) is 5.69 Å². The zero-order valence-electron chi connectivity index (χ0n) is 10.5. The monoisotopic (exact) mass is 269 g/mol. The van der Waals surface area contributed by atoms with Gasteiger partial charge in [0.1, 0.15) is 0 Å². The molecule has 0 amide bonds. The summed E-state index contributed by atoms with van der Waals surface area (Å²) in [5.74, 6) is 0. The van der Waals surface area contributed by atoms with Crippen LogP contribution in [-0.4, -0.2) is 9.78 Å². The molecule has 0 unspecified atom stereocenters. The molecule has 0 aliphatic heterocycles. The van der Waals surface area contributed by atoms with Crippen molar-refractivity contribution in [2.24, 2.45) is 0 Å². The van der Waals surface area contributed by atoms with Gasteiger partial charge in [0, 0.05) is 24.8 Å². The molecule has 0 saturated carbocycles. The Morgan fingerprint density at radius 1 is 1.05 bits per heavy atom. The van der Waals surface area contributed by atoms with Gasteiger partial charge in [-0.3, -0.25) is 0 Å². The minimum Gasteiger partial charge on any atom is -0.308 e. The van der Waals surface area contributed by atoms with Gasteiger partial charge in [-0.05, 0) is 34.5 Å². The van der Waals surface area contributed by atoms with E-state index in [-0.39, 0.29) is 0 Å². The lowest BCUT2D eigenvalue weighted by molar-refractivity contribution is 0.695. The lowest BCUT2D eigenvalue weighted by atomic mass is 10.3. The second-order valence-electron chi connectivity index (χ2n) is 4.36. The van der Waals surface area contributed by atoms with E-state index in [1.807, 2.05) is 29.1 Å². The van der Waals surface area contributed by atoms with Crippen molar-refractivity contribution in [3.05, 3.63) is 70.7 Å². The zero-order chi connectivity index (χ0) is 12.9. The Labute approximate surface area is 116 Å². The maximum absolute atomic E-state index is 4.38. The van der Waals surface area contributed by atoms with Crippen LogP contribution >= 0.6 is 11.3 Å². The second-order valence-corrected chi connectivity index (χ2v) is 5.14. The maximum Gasteiger partial charge on any atom is 0.0645 e. The SMILES string of the molecule is c1ccc(-n2cc(CNCc3ccsc3)cn2)cc1. The van der Waals surface area contributed by atoms with Crippen LogP contribution in [0.4, 0.5) is 0 Å². The molecule has 3 rings (SSSR count). The van der Waals surface area contributed by atoms with Gasteiger partial charge in [0.25, 0.3) is 0 Å². The Morgan fingerprint density at radius 3 is 2.68 bits per heavy atom. The van der Waals surface area contributed by atoms with Gasteiger partial charge >= 0.3 is 0 Å². The molecule has 0 atom stereocenters. The van der Waals surface area contributed by atoms with Crippen LogP contribution in [-0.2, 0) is 13.1 Å². The summed E-state index contributed by atoms with van der Waals surface area (Å²) in [6.07, 6.45) is 3.98. The molecular formula is C15H15N3S. The third-order valence-corrected chi connectivity index (χ3v) is 3.63. The van der Waals surface area contributed by atoms with Crippen LogP contribution in [0.3, 0.4) is 0 Å². The van der Waals surface area contributed by atoms with E-state index in [1.54, 1.807) is 11.3 Å². The molecule has 0 radical (unpaired) electrons. The molecule has 96 valence electrons. The topological polar surface area (TPSA) is 29.9 Å². The summed E-state index contributed by atoms with van der Waals surface area (Å²) < 4.78 is 1.90. The molecular weight excluding hydrogens is 254 g/mol. The van der Waals surface area contributed by atoms with E-state index < -0.39 is 0 Å². The number of nitrogens with one attached hydrogen (secondary N) is 1. The summed E-state index contributed by atoms with van der Waals surface area (Å²) in [5.41, 5.74) is 3.62. The van der Waals surface area contributed by atoms with Gasteiger partial charge in [-0.1, -0.05) is 18.2 Å². The Hall–Kier alpha value is -1.91. The molecule has 0 aliphatic rings. The molecule has 0 spiro atoms. The molecule has 0 aliphatic carbocycles. The first-order valence-electron chi connectivity index (χ1n) is 6.22. The summed E-state index contributed by atoms with van der Waals surface area (Å²) >= 11 is 1.73. The molecule has 0 saturated heterocycles. The van der Waals surface area contributed by atoms with Crippen molar-refractivity contribution in [3.63, 3.8) is 0 Å². The summed E-state index contributed by atoms with van der Waals surface area (Å²) in [6.45, 7) is 1.74. The minimum atomic E-state index is 0.836. The van der Waals surface area contributed by atoms with Crippen molar-refractivity contribution >= 4 is 11.3 Å². The summed E-state index contributed by atoms with van der Waals surface area (Å²) in [5, 5.41) is 12.1. The molecule has 19 heavy (non-hydrogen) atoms. The Kier molecular flexibility index (Phi) is 3.72. The van der Waals surface area contributed by atoms with Crippen LogP contribution < -0.4 is 5.32 Å². The number of benzene rings is 1. The third-order valence-electron chi connectivity index (χ3n) is 2.90. The van der Waals surface area contributed by atoms with Gasteiger partial charge in [-0.25, -0.2) is 4.68 Å². The van der Waals surface area contributed by atoms with Gasteiger partial charge in [-0.15, -0.1) is 0 Å². The van der Waals surface area contributed by atoms with Crippen LogP contribution in [0.2, 0.25) is 0 Å². The Morgan fingerprint density at radius 2 is 1.89 bits per heavy atom. The highest BCUT2D eigenvalue weighted by molar-refractivity contribution is 7.07. The molecule has 2 heterocycles. The normalized spacial score (nSPS) is 10.7. The van der Waals surface area contributed by atoms with Gasteiger partial charge in [0.2, 0.25) is 0 Å². The molecule has 3 aromatic rings. The van der Waals surface area contributed by atoms with Crippen molar-refractivity contribution in [2.75, 3.05) is 0 Å². The molecule has 2 aromatic heterocycles. The predicted molar refractivity (Wildman–Crippen MR) is 78.4 cm³/mol. The lowest BCUT2D eigenvalue weighted by Gasteiger charge is -2.01. The number of thiophene rings is 1. The molecule has 0 fully saturated rings. The number of hydrogen-bond acceptors (Lipinski definition) is 3. The first kappa shape index (κ1) is 12.1. The fourth-order valence-corrected chi connectivity index (χ4v) is 2.59. The van der Waals surface area contributed by atoms with Gasteiger partial charge in [-0.2, -0.15) is 16.4 Å². The predicted octanol–water partition coefficient (Wildman–Crippen LogP) is 3.22. The molecule has 1 N–H and O–H groups in total. The number of nitrogens with zero attached hydrogens (tertiary/aromatic N) is 2. The first-order chi connectivity index (χ1) is 9.42. The fourth-order valence-electron chi connectivity index (χ4n) is 1.92. The van der Waals surface area contributed by atoms with Crippen molar-refractivity contribution in [1.29, 1.82) is 0 Å². The van der Waals surface area contributed by atoms with E-state index in [0.717, 1.165) is 18.8 Å². The Bertz CT molecular complexity index is 614. The van der Waals surface area contributed by atoms with E-state index in [1.165, 1.54) is 11.1 Å². The van der Waals surface area contributed by atoms with Crippen molar-refractivity contribution in [2.45, 2.75) is 13.1 Å². The zero-order valence-corrected chi connectivity index (χ0v) is 11.3. The largest absolute Gasteiger partial charge is 0.308 e.